The van der Waals surface area contributed by atoms with Crippen molar-refractivity contribution in [2.24, 2.45) is 5.92 Å². The summed E-state index contributed by atoms with van der Waals surface area (Å²) in [7, 11) is 0. The summed E-state index contributed by atoms with van der Waals surface area (Å²) in [5.74, 6) is 0.104. The van der Waals surface area contributed by atoms with Gasteiger partial charge in [0.05, 0.1) is 11.4 Å². The Morgan fingerprint density at radius 3 is 2.18 bits per heavy atom. The average molecular weight is 222 g/mol. The normalized spacial score (nSPS) is 19.0. The highest BCUT2D eigenvalue weighted by Gasteiger charge is 2.36. The second-order valence-corrected chi connectivity index (χ2v) is 3.83. The number of hydrogen-bond acceptors (Lipinski definition) is 3. The highest BCUT2D eigenvalue weighted by Crippen LogP contribution is 2.24. The average Bonchev–Trinajstić information content (AvgIpc) is 2.01. The smallest absolute Gasteiger partial charge is 0.186 e. The van der Waals surface area contributed by atoms with E-state index >= 15 is 0 Å². The van der Waals surface area contributed by atoms with Crippen molar-refractivity contribution < 1.29 is 10.2 Å². The zero-order valence-corrected chi connectivity index (χ0v) is 8.17. The van der Waals surface area contributed by atoms with E-state index in [9.17, 15) is 5.11 Å². The van der Waals surface area contributed by atoms with Crippen LogP contribution in [0.1, 0.15) is 13.8 Å². The lowest BCUT2D eigenvalue weighted by Gasteiger charge is -2.26. The van der Waals surface area contributed by atoms with Crippen LogP contribution in [-0.4, -0.2) is 27.2 Å². The standard InChI is InChI=1S/C7H12BrNO2/c1-5(2)6(8)7(11,3-9)4-10/h5-6,10-11H,4H2,1-2H3/t6-,7+/m0/s1. The fraction of sp³-hybridized carbons (Fsp3) is 0.857. The minimum Gasteiger partial charge on any atom is -0.392 e. The predicted molar refractivity (Wildman–Crippen MR) is 45.2 cm³/mol. The van der Waals surface area contributed by atoms with Crippen LogP contribution in [0.25, 0.3) is 0 Å². The number of aliphatic hydroxyl groups is 2. The summed E-state index contributed by atoms with van der Waals surface area (Å²) in [6, 6.07) is 1.67. The molecule has 4 heteroatoms. The fourth-order valence-electron chi connectivity index (χ4n) is 0.736. The van der Waals surface area contributed by atoms with Crippen molar-refractivity contribution in [3.05, 3.63) is 0 Å². The van der Waals surface area contributed by atoms with Crippen molar-refractivity contribution in [2.45, 2.75) is 24.3 Å². The Balaban J connectivity index is 4.40. The monoisotopic (exact) mass is 221 g/mol. The Kier molecular flexibility index (Phi) is 4.01. The summed E-state index contributed by atoms with van der Waals surface area (Å²) >= 11 is 3.15. The van der Waals surface area contributed by atoms with E-state index in [0.717, 1.165) is 0 Å². The van der Waals surface area contributed by atoms with Crippen molar-refractivity contribution >= 4 is 15.9 Å². The maximum Gasteiger partial charge on any atom is 0.186 e. The van der Waals surface area contributed by atoms with Gasteiger partial charge in [0.15, 0.2) is 5.60 Å². The van der Waals surface area contributed by atoms with Gasteiger partial charge in [0, 0.05) is 0 Å². The Hall–Kier alpha value is -0.110. The van der Waals surface area contributed by atoms with Crippen LogP contribution in [-0.2, 0) is 0 Å². The van der Waals surface area contributed by atoms with Crippen molar-refractivity contribution in [2.75, 3.05) is 6.61 Å². The molecule has 0 aliphatic rings. The Morgan fingerprint density at radius 2 is 2.09 bits per heavy atom. The molecular formula is C7H12BrNO2. The quantitative estimate of drug-likeness (QED) is 0.544. The van der Waals surface area contributed by atoms with E-state index in [0.29, 0.717) is 0 Å². The maximum absolute atomic E-state index is 9.41. The van der Waals surface area contributed by atoms with E-state index in [1.165, 1.54) is 0 Å². The minimum atomic E-state index is -1.66. The molecule has 2 N–H and O–H groups in total. The molecule has 0 aliphatic carbocycles. The number of nitrogens with zero attached hydrogens (tertiary/aromatic N) is 1. The molecule has 2 atom stereocenters. The van der Waals surface area contributed by atoms with Crippen molar-refractivity contribution in [1.82, 2.24) is 0 Å². The number of aliphatic hydroxyl groups excluding tert-OH is 1. The van der Waals surface area contributed by atoms with Crippen molar-refractivity contribution in [3.63, 3.8) is 0 Å². The van der Waals surface area contributed by atoms with Crippen LogP contribution < -0.4 is 0 Å². The van der Waals surface area contributed by atoms with Gasteiger partial charge in [0.1, 0.15) is 6.07 Å². The zero-order chi connectivity index (χ0) is 9.07. The lowest BCUT2D eigenvalue weighted by molar-refractivity contribution is 0.0249. The maximum atomic E-state index is 9.41. The van der Waals surface area contributed by atoms with E-state index in [1.807, 2.05) is 13.8 Å². The number of halogens is 1. The van der Waals surface area contributed by atoms with Gasteiger partial charge in [-0.1, -0.05) is 29.8 Å². The molecule has 0 unspecified atom stereocenters. The number of alkyl halides is 1. The molecule has 0 heterocycles. The summed E-state index contributed by atoms with van der Waals surface area (Å²) in [5, 5.41) is 26.6. The van der Waals surface area contributed by atoms with E-state index in [2.05, 4.69) is 15.9 Å². The van der Waals surface area contributed by atoms with Crippen molar-refractivity contribution in [1.29, 1.82) is 5.26 Å². The van der Waals surface area contributed by atoms with Gasteiger partial charge < -0.3 is 10.2 Å². The zero-order valence-electron chi connectivity index (χ0n) is 6.58. The first-order chi connectivity index (χ1) is 4.98. The molecule has 0 saturated carbocycles. The van der Waals surface area contributed by atoms with Gasteiger partial charge in [-0.25, -0.2) is 0 Å². The molecular weight excluding hydrogens is 210 g/mol. The third-order valence-electron chi connectivity index (χ3n) is 1.48. The van der Waals surface area contributed by atoms with Crippen LogP contribution in [0.3, 0.4) is 0 Å². The van der Waals surface area contributed by atoms with E-state index in [-0.39, 0.29) is 5.92 Å². The molecule has 3 nitrogen and oxygen atoms in total. The molecule has 0 amide bonds. The highest BCUT2D eigenvalue weighted by atomic mass is 79.9. The largest absolute Gasteiger partial charge is 0.392 e. The first kappa shape index (κ1) is 10.9. The SMILES string of the molecule is CC(C)[C@H](Br)[C@@](O)(C#N)CO. The second kappa shape index (κ2) is 4.05. The third-order valence-corrected chi connectivity index (χ3v) is 3.29. The Morgan fingerprint density at radius 1 is 1.64 bits per heavy atom. The van der Waals surface area contributed by atoms with Crippen LogP contribution in [0, 0.1) is 17.2 Å². The summed E-state index contributed by atoms with van der Waals surface area (Å²) in [5.41, 5.74) is -1.66. The molecule has 0 bridgehead atoms. The third kappa shape index (κ3) is 2.44. The van der Waals surface area contributed by atoms with E-state index in [1.54, 1.807) is 6.07 Å². The molecule has 0 aromatic rings. The summed E-state index contributed by atoms with van der Waals surface area (Å²) in [4.78, 5) is -0.398. The highest BCUT2D eigenvalue weighted by molar-refractivity contribution is 9.09. The lowest BCUT2D eigenvalue weighted by Crippen LogP contribution is -2.43. The Labute approximate surface area is 74.8 Å². The lowest BCUT2D eigenvalue weighted by atomic mass is 9.94. The van der Waals surface area contributed by atoms with Gasteiger partial charge in [-0.3, -0.25) is 0 Å². The van der Waals surface area contributed by atoms with Gasteiger partial charge >= 0.3 is 0 Å². The molecule has 0 aliphatic heterocycles. The summed E-state index contributed by atoms with van der Waals surface area (Å²) < 4.78 is 0. The van der Waals surface area contributed by atoms with Crippen LogP contribution in [0.2, 0.25) is 0 Å². The number of hydrogen-bond donors (Lipinski definition) is 2. The van der Waals surface area contributed by atoms with Crippen molar-refractivity contribution in [3.8, 4) is 6.07 Å². The van der Waals surface area contributed by atoms with Crippen LogP contribution in [0.4, 0.5) is 0 Å². The predicted octanol–water partition coefficient (Wildman–Crippen LogP) is 0.653. The molecule has 0 aromatic carbocycles. The molecule has 0 rings (SSSR count). The minimum absolute atomic E-state index is 0.104. The van der Waals surface area contributed by atoms with Crippen LogP contribution in [0.5, 0.6) is 0 Å². The molecule has 0 fully saturated rings. The summed E-state index contributed by atoms with van der Waals surface area (Å²) in [6.45, 7) is 3.17. The molecule has 0 spiro atoms. The van der Waals surface area contributed by atoms with E-state index in [4.69, 9.17) is 10.4 Å². The van der Waals surface area contributed by atoms with Gasteiger partial charge in [0.25, 0.3) is 0 Å². The topological polar surface area (TPSA) is 64.2 Å². The van der Waals surface area contributed by atoms with Crippen LogP contribution in [0.15, 0.2) is 0 Å². The molecule has 0 aromatic heterocycles. The first-order valence-electron chi connectivity index (χ1n) is 3.36. The Bertz CT molecular complexity index is 166. The summed E-state index contributed by atoms with van der Waals surface area (Å²) in [6.07, 6.45) is 0. The van der Waals surface area contributed by atoms with Gasteiger partial charge in [-0.2, -0.15) is 5.26 Å². The van der Waals surface area contributed by atoms with E-state index < -0.39 is 17.0 Å². The fourth-order valence-corrected chi connectivity index (χ4v) is 0.983. The number of nitriles is 1. The number of rotatable bonds is 3. The molecule has 0 saturated heterocycles. The molecule has 11 heavy (non-hydrogen) atoms. The van der Waals surface area contributed by atoms with Gasteiger partial charge in [0.2, 0.25) is 0 Å². The van der Waals surface area contributed by atoms with Gasteiger partial charge in [-0.05, 0) is 5.92 Å². The molecule has 0 radical (unpaired) electrons. The van der Waals surface area contributed by atoms with Gasteiger partial charge in [-0.15, -0.1) is 0 Å². The van der Waals surface area contributed by atoms with Crippen LogP contribution >= 0.6 is 15.9 Å². The first-order valence-corrected chi connectivity index (χ1v) is 4.28. The second-order valence-electron chi connectivity index (χ2n) is 2.84. The molecule has 64 valence electrons.